The van der Waals surface area contributed by atoms with E-state index in [1.54, 1.807) is 16.8 Å². The molecule has 3 rings (SSSR count). The maximum atomic E-state index is 12.8. The van der Waals surface area contributed by atoms with Gasteiger partial charge in [0.15, 0.2) is 0 Å². The molecule has 1 aromatic heterocycles. The Balaban J connectivity index is 1.64. The predicted molar refractivity (Wildman–Crippen MR) is 77.7 cm³/mol. The van der Waals surface area contributed by atoms with Crippen LogP contribution in [0.5, 0.6) is 0 Å². The van der Waals surface area contributed by atoms with E-state index in [1.165, 1.54) is 12.1 Å². The van der Waals surface area contributed by atoms with Gasteiger partial charge in [0.25, 0.3) is 0 Å². The van der Waals surface area contributed by atoms with Crippen molar-refractivity contribution in [2.24, 2.45) is 0 Å². The van der Waals surface area contributed by atoms with E-state index in [-0.39, 0.29) is 5.82 Å². The highest BCUT2D eigenvalue weighted by atomic mass is 19.1. The first-order valence-electron chi connectivity index (χ1n) is 6.65. The minimum absolute atomic E-state index is 0.222. The Bertz CT molecular complexity index is 694. The minimum atomic E-state index is -0.222. The van der Waals surface area contributed by atoms with Crippen LogP contribution in [-0.2, 0) is 6.42 Å². The minimum Gasteiger partial charge on any atom is -0.352 e. The van der Waals surface area contributed by atoms with Gasteiger partial charge in [-0.3, -0.25) is 0 Å². The number of para-hydroxylation sites is 1. The van der Waals surface area contributed by atoms with Gasteiger partial charge >= 0.3 is 0 Å². The van der Waals surface area contributed by atoms with Gasteiger partial charge in [-0.1, -0.05) is 35.4 Å². The van der Waals surface area contributed by atoms with Gasteiger partial charge in [0.05, 0.1) is 5.69 Å². The Morgan fingerprint density at radius 1 is 1.00 bits per heavy atom. The van der Waals surface area contributed by atoms with E-state index in [4.69, 9.17) is 0 Å². The number of tetrazole rings is 1. The van der Waals surface area contributed by atoms with Gasteiger partial charge < -0.3 is 5.32 Å². The third-order valence-corrected chi connectivity index (χ3v) is 3.08. The van der Waals surface area contributed by atoms with E-state index in [0.29, 0.717) is 12.5 Å². The lowest BCUT2D eigenvalue weighted by atomic mass is 10.1. The van der Waals surface area contributed by atoms with Crippen LogP contribution in [0, 0.1) is 5.82 Å². The van der Waals surface area contributed by atoms with Crippen LogP contribution in [0.25, 0.3) is 5.69 Å². The molecule has 0 aliphatic carbocycles. The lowest BCUT2D eigenvalue weighted by Crippen LogP contribution is -2.10. The average Bonchev–Trinajstić information content (AvgIpc) is 2.99. The number of rotatable bonds is 5. The zero-order valence-electron chi connectivity index (χ0n) is 11.3. The highest BCUT2D eigenvalue weighted by Crippen LogP contribution is 2.10. The second-order valence-corrected chi connectivity index (χ2v) is 4.55. The van der Waals surface area contributed by atoms with Gasteiger partial charge in [-0.25, -0.2) is 4.39 Å². The Hall–Kier alpha value is -2.76. The van der Waals surface area contributed by atoms with Crippen LogP contribution < -0.4 is 5.32 Å². The van der Waals surface area contributed by atoms with E-state index >= 15 is 0 Å². The van der Waals surface area contributed by atoms with Crippen molar-refractivity contribution in [2.75, 3.05) is 11.9 Å². The third-order valence-electron chi connectivity index (χ3n) is 3.08. The number of nitrogens with one attached hydrogen (secondary N) is 1. The Kier molecular flexibility index (Phi) is 3.86. The Morgan fingerprint density at radius 3 is 2.52 bits per heavy atom. The molecule has 0 aliphatic rings. The molecule has 0 saturated carbocycles. The zero-order valence-corrected chi connectivity index (χ0v) is 11.3. The molecule has 0 spiro atoms. The molecule has 1 N–H and O–H groups in total. The van der Waals surface area contributed by atoms with Gasteiger partial charge in [0.2, 0.25) is 5.95 Å². The normalized spacial score (nSPS) is 10.5. The van der Waals surface area contributed by atoms with E-state index in [0.717, 1.165) is 17.7 Å². The quantitative estimate of drug-likeness (QED) is 0.781. The molecule has 0 aliphatic heterocycles. The third kappa shape index (κ3) is 3.22. The van der Waals surface area contributed by atoms with Crippen molar-refractivity contribution in [3.63, 3.8) is 0 Å². The number of benzene rings is 2. The van der Waals surface area contributed by atoms with Gasteiger partial charge in [-0.05, 0) is 46.7 Å². The van der Waals surface area contributed by atoms with Crippen LogP contribution in [0.15, 0.2) is 54.6 Å². The van der Waals surface area contributed by atoms with Gasteiger partial charge in [0, 0.05) is 6.54 Å². The number of nitrogens with zero attached hydrogens (tertiary/aromatic N) is 4. The summed E-state index contributed by atoms with van der Waals surface area (Å²) in [6.07, 6.45) is 0.766. The van der Waals surface area contributed by atoms with Crippen molar-refractivity contribution in [3.8, 4) is 5.69 Å². The van der Waals surface area contributed by atoms with Gasteiger partial charge in [-0.15, -0.1) is 0 Å². The molecule has 0 atom stereocenters. The Labute approximate surface area is 121 Å². The van der Waals surface area contributed by atoms with E-state index in [1.807, 2.05) is 30.3 Å². The van der Waals surface area contributed by atoms with Crippen LogP contribution in [0.2, 0.25) is 0 Å². The van der Waals surface area contributed by atoms with Gasteiger partial charge in [0.1, 0.15) is 5.82 Å². The molecule has 0 fully saturated rings. The van der Waals surface area contributed by atoms with E-state index < -0.39 is 0 Å². The van der Waals surface area contributed by atoms with Crippen molar-refractivity contribution in [3.05, 3.63) is 66.0 Å². The largest absolute Gasteiger partial charge is 0.352 e. The maximum absolute atomic E-state index is 12.8. The molecule has 0 saturated heterocycles. The lowest BCUT2D eigenvalue weighted by Gasteiger charge is -2.07. The van der Waals surface area contributed by atoms with E-state index in [9.17, 15) is 4.39 Å². The van der Waals surface area contributed by atoms with Crippen LogP contribution in [0.4, 0.5) is 10.3 Å². The molecule has 6 heteroatoms. The molecule has 5 nitrogen and oxygen atoms in total. The number of halogens is 1. The topological polar surface area (TPSA) is 55.6 Å². The number of anilines is 1. The van der Waals surface area contributed by atoms with Crippen molar-refractivity contribution < 1.29 is 4.39 Å². The summed E-state index contributed by atoms with van der Waals surface area (Å²) in [4.78, 5) is 0. The highest BCUT2D eigenvalue weighted by molar-refractivity contribution is 5.38. The monoisotopic (exact) mass is 283 g/mol. The van der Waals surface area contributed by atoms with Crippen molar-refractivity contribution >= 4 is 5.95 Å². The standard InChI is InChI=1S/C15H14FN5/c16-13-8-6-12(7-9-13)10-11-17-15-18-19-20-21(15)14-4-2-1-3-5-14/h1-9H,10-11H2,(H,17,18,20). The fraction of sp³-hybridized carbons (Fsp3) is 0.133. The fourth-order valence-electron chi connectivity index (χ4n) is 2.01. The second kappa shape index (κ2) is 6.13. The SMILES string of the molecule is Fc1ccc(CCNc2nnnn2-c2ccccc2)cc1. The summed E-state index contributed by atoms with van der Waals surface area (Å²) < 4.78 is 14.5. The summed E-state index contributed by atoms with van der Waals surface area (Å²) in [5.41, 5.74) is 1.95. The molecule has 0 amide bonds. The molecule has 106 valence electrons. The molecule has 0 radical (unpaired) electrons. The van der Waals surface area contributed by atoms with Gasteiger partial charge in [-0.2, -0.15) is 4.68 Å². The number of aromatic nitrogens is 4. The van der Waals surface area contributed by atoms with Crippen LogP contribution in [0.1, 0.15) is 5.56 Å². The number of hydrogen-bond acceptors (Lipinski definition) is 4. The lowest BCUT2D eigenvalue weighted by molar-refractivity contribution is 0.627. The van der Waals surface area contributed by atoms with Crippen molar-refractivity contribution in [1.29, 1.82) is 0 Å². The molecule has 3 aromatic rings. The second-order valence-electron chi connectivity index (χ2n) is 4.55. The van der Waals surface area contributed by atoms with Crippen LogP contribution in [-0.4, -0.2) is 26.8 Å². The molecular formula is C15H14FN5. The van der Waals surface area contributed by atoms with Crippen LogP contribution >= 0.6 is 0 Å². The maximum Gasteiger partial charge on any atom is 0.247 e. The molecule has 2 aromatic carbocycles. The summed E-state index contributed by atoms with van der Waals surface area (Å²) in [6, 6.07) is 16.1. The smallest absolute Gasteiger partial charge is 0.247 e. The van der Waals surface area contributed by atoms with Crippen molar-refractivity contribution in [1.82, 2.24) is 20.2 Å². The van der Waals surface area contributed by atoms with Crippen LogP contribution in [0.3, 0.4) is 0 Å². The zero-order chi connectivity index (χ0) is 14.5. The summed E-state index contributed by atoms with van der Waals surface area (Å²) >= 11 is 0. The fourth-order valence-corrected chi connectivity index (χ4v) is 2.01. The predicted octanol–water partition coefficient (Wildman–Crippen LogP) is 2.46. The summed E-state index contributed by atoms with van der Waals surface area (Å²) in [5, 5.41) is 14.8. The van der Waals surface area contributed by atoms with Crippen molar-refractivity contribution in [2.45, 2.75) is 6.42 Å². The molecule has 1 heterocycles. The molecular weight excluding hydrogens is 269 g/mol. The first-order valence-corrected chi connectivity index (χ1v) is 6.65. The first-order chi connectivity index (χ1) is 10.3. The average molecular weight is 283 g/mol. The molecule has 21 heavy (non-hydrogen) atoms. The number of hydrogen-bond donors (Lipinski definition) is 1. The first kappa shape index (κ1) is 13.2. The summed E-state index contributed by atoms with van der Waals surface area (Å²) in [5.74, 6) is 0.364. The summed E-state index contributed by atoms with van der Waals surface area (Å²) in [7, 11) is 0. The Morgan fingerprint density at radius 2 is 1.76 bits per heavy atom. The molecule has 0 unspecified atom stereocenters. The highest BCUT2D eigenvalue weighted by Gasteiger charge is 2.06. The molecule has 0 bridgehead atoms. The summed E-state index contributed by atoms with van der Waals surface area (Å²) in [6.45, 7) is 0.666. The van der Waals surface area contributed by atoms with E-state index in [2.05, 4.69) is 20.8 Å².